The average molecular weight is 387 g/mol. The van der Waals surface area contributed by atoms with Crippen LogP contribution in [-0.4, -0.2) is 37.0 Å². The summed E-state index contributed by atoms with van der Waals surface area (Å²) in [6, 6.07) is 0. The lowest BCUT2D eigenvalue weighted by molar-refractivity contribution is -0.147. The quantitative estimate of drug-likeness (QED) is 0.189. The number of hydrogen-bond donors (Lipinski definition) is 1. The van der Waals surface area contributed by atoms with Crippen LogP contribution >= 0.6 is 0 Å². The van der Waals surface area contributed by atoms with Gasteiger partial charge in [-0.2, -0.15) is 0 Å². The van der Waals surface area contributed by atoms with E-state index in [1.54, 1.807) is 0 Å². The highest BCUT2D eigenvalue weighted by Gasteiger charge is 2.09. The maximum Gasteiger partial charge on any atom is 0.305 e. The van der Waals surface area contributed by atoms with Gasteiger partial charge < -0.3 is 14.6 Å². The Morgan fingerprint density at radius 1 is 0.704 bits per heavy atom. The molecule has 0 amide bonds. The van der Waals surface area contributed by atoms with Crippen molar-refractivity contribution in [3.05, 3.63) is 0 Å². The molecule has 0 rings (SSSR count). The van der Waals surface area contributed by atoms with Gasteiger partial charge in [-0.3, -0.25) is 4.79 Å². The second-order valence-corrected chi connectivity index (χ2v) is 7.76. The van der Waals surface area contributed by atoms with Crippen molar-refractivity contribution >= 4 is 5.97 Å². The Labute approximate surface area is 168 Å². The maximum absolute atomic E-state index is 11.7. The molecule has 1 unspecified atom stereocenters. The number of aliphatic hydroxyl groups excluding tert-OH is 1. The smallest absolute Gasteiger partial charge is 0.305 e. The molecule has 0 bridgehead atoms. The van der Waals surface area contributed by atoms with E-state index >= 15 is 0 Å². The zero-order chi connectivity index (χ0) is 20.0. The van der Waals surface area contributed by atoms with Gasteiger partial charge in [-0.25, -0.2) is 0 Å². The Morgan fingerprint density at radius 2 is 1.19 bits per heavy atom. The Bertz CT molecular complexity index is 307. The molecule has 0 aromatic heterocycles. The average Bonchev–Trinajstić information content (AvgIpc) is 2.67. The standard InChI is InChI=1S/C23H46O4/c1-3-5-7-9-11-13-15-17-19-26-20-22(24)21-27-23(25)18-16-14-12-10-8-6-4-2/h22,24H,3-21H2,1-2H3. The van der Waals surface area contributed by atoms with Gasteiger partial charge in [0.1, 0.15) is 12.7 Å². The van der Waals surface area contributed by atoms with E-state index in [9.17, 15) is 9.90 Å². The first-order valence-electron chi connectivity index (χ1n) is 11.6. The van der Waals surface area contributed by atoms with Gasteiger partial charge in [-0.05, 0) is 12.8 Å². The van der Waals surface area contributed by atoms with Crippen molar-refractivity contribution in [3.63, 3.8) is 0 Å². The molecule has 4 nitrogen and oxygen atoms in total. The third-order valence-electron chi connectivity index (χ3n) is 4.87. The molecule has 0 aliphatic rings. The zero-order valence-corrected chi connectivity index (χ0v) is 18.2. The molecule has 0 aliphatic heterocycles. The number of carbonyl (C=O) groups excluding carboxylic acids is 1. The summed E-state index contributed by atoms with van der Waals surface area (Å²) >= 11 is 0. The lowest BCUT2D eigenvalue weighted by Gasteiger charge is -2.12. The van der Waals surface area contributed by atoms with E-state index < -0.39 is 6.10 Å². The molecule has 0 aliphatic carbocycles. The molecule has 0 aromatic rings. The lowest BCUT2D eigenvalue weighted by atomic mass is 10.1. The summed E-state index contributed by atoms with van der Waals surface area (Å²) in [6.45, 7) is 5.43. The molecular formula is C23H46O4. The molecular weight excluding hydrogens is 340 g/mol. The van der Waals surface area contributed by atoms with E-state index in [4.69, 9.17) is 9.47 Å². The number of unbranched alkanes of at least 4 members (excludes halogenated alkanes) is 13. The van der Waals surface area contributed by atoms with E-state index in [0.29, 0.717) is 13.0 Å². The third-order valence-corrected chi connectivity index (χ3v) is 4.87. The molecule has 0 aromatic carbocycles. The van der Waals surface area contributed by atoms with E-state index in [1.165, 1.54) is 77.0 Å². The monoisotopic (exact) mass is 386 g/mol. The van der Waals surface area contributed by atoms with Crippen LogP contribution < -0.4 is 0 Å². The van der Waals surface area contributed by atoms with E-state index in [-0.39, 0.29) is 19.2 Å². The summed E-state index contributed by atoms with van der Waals surface area (Å²) in [7, 11) is 0. The topological polar surface area (TPSA) is 55.8 Å². The molecule has 0 radical (unpaired) electrons. The van der Waals surface area contributed by atoms with Gasteiger partial charge in [-0.1, -0.05) is 97.3 Å². The first-order chi connectivity index (χ1) is 13.2. The molecule has 162 valence electrons. The van der Waals surface area contributed by atoms with Crippen LogP contribution in [0.5, 0.6) is 0 Å². The van der Waals surface area contributed by atoms with E-state index in [0.717, 1.165) is 19.3 Å². The largest absolute Gasteiger partial charge is 0.463 e. The van der Waals surface area contributed by atoms with Crippen LogP contribution in [0.4, 0.5) is 0 Å². The fourth-order valence-electron chi connectivity index (χ4n) is 3.09. The van der Waals surface area contributed by atoms with Gasteiger partial charge >= 0.3 is 5.97 Å². The summed E-state index contributed by atoms with van der Waals surface area (Å²) in [6.07, 6.45) is 18.2. The predicted molar refractivity (Wildman–Crippen MR) is 113 cm³/mol. The summed E-state index contributed by atoms with van der Waals surface area (Å²) in [5.74, 6) is -0.203. The number of carbonyl (C=O) groups is 1. The summed E-state index contributed by atoms with van der Waals surface area (Å²) in [4.78, 5) is 11.7. The highest BCUT2D eigenvalue weighted by Crippen LogP contribution is 2.09. The number of esters is 1. The van der Waals surface area contributed by atoms with Crippen LogP contribution in [0.15, 0.2) is 0 Å². The van der Waals surface area contributed by atoms with Gasteiger partial charge in [-0.15, -0.1) is 0 Å². The molecule has 0 saturated carbocycles. The molecule has 0 heterocycles. The first-order valence-corrected chi connectivity index (χ1v) is 11.6. The van der Waals surface area contributed by atoms with Crippen molar-refractivity contribution in [1.29, 1.82) is 0 Å². The van der Waals surface area contributed by atoms with Crippen LogP contribution in [0.3, 0.4) is 0 Å². The second-order valence-electron chi connectivity index (χ2n) is 7.76. The van der Waals surface area contributed by atoms with E-state index in [1.807, 2.05) is 0 Å². The Morgan fingerprint density at radius 3 is 1.74 bits per heavy atom. The van der Waals surface area contributed by atoms with Gasteiger partial charge in [0.2, 0.25) is 0 Å². The predicted octanol–water partition coefficient (Wildman–Crippen LogP) is 6.19. The summed E-state index contributed by atoms with van der Waals surface area (Å²) in [5, 5.41) is 9.81. The third kappa shape index (κ3) is 21.5. The molecule has 1 N–H and O–H groups in total. The van der Waals surface area contributed by atoms with Crippen LogP contribution in [0, 0.1) is 0 Å². The Kier molecular flexibility index (Phi) is 21.2. The lowest BCUT2D eigenvalue weighted by Crippen LogP contribution is -2.24. The molecule has 27 heavy (non-hydrogen) atoms. The fourth-order valence-corrected chi connectivity index (χ4v) is 3.09. The van der Waals surface area contributed by atoms with Crippen LogP contribution in [0.2, 0.25) is 0 Å². The number of rotatable bonds is 21. The van der Waals surface area contributed by atoms with Crippen molar-refractivity contribution < 1.29 is 19.4 Å². The minimum absolute atomic E-state index is 0.0484. The second kappa shape index (κ2) is 21.7. The summed E-state index contributed by atoms with van der Waals surface area (Å²) < 4.78 is 10.6. The number of hydrogen-bond acceptors (Lipinski definition) is 4. The highest BCUT2D eigenvalue weighted by atomic mass is 16.5. The van der Waals surface area contributed by atoms with Gasteiger partial charge in [0, 0.05) is 13.0 Å². The number of ether oxygens (including phenoxy) is 2. The van der Waals surface area contributed by atoms with Gasteiger partial charge in [0.05, 0.1) is 6.61 Å². The van der Waals surface area contributed by atoms with Crippen molar-refractivity contribution in [1.82, 2.24) is 0 Å². The molecule has 0 saturated heterocycles. The Balaban J connectivity index is 3.30. The minimum Gasteiger partial charge on any atom is -0.463 e. The minimum atomic E-state index is -0.711. The van der Waals surface area contributed by atoms with Gasteiger partial charge in [0.15, 0.2) is 0 Å². The van der Waals surface area contributed by atoms with Crippen LogP contribution in [-0.2, 0) is 14.3 Å². The summed E-state index contributed by atoms with van der Waals surface area (Å²) in [5.41, 5.74) is 0. The molecule has 0 fully saturated rings. The molecule has 4 heteroatoms. The highest BCUT2D eigenvalue weighted by molar-refractivity contribution is 5.69. The fraction of sp³-hybridized carbons (Fsp3) is 0.957. The van der Waals surface area contributed by atoms with Gasteiger partial charge in [0.25, 0.3) is 0 Å². The number of aliphatic hydroxyl groups is 1. The Hall–Kier alpha value is -0.610. The molecule has 0 spiro atoms. The van der Waals surface area contributed by atoms with Crippen molar-refractivity contribution in [2.24, 2.45) is 0 Å². The van der Waals surface area contributed by atoms with Crippen molar-refractivity contribution in [2.75, 3.05) is 19.8 Å². The van der Waals surface area contributed by atoms with Crippen LogP contribution in [0.25, 0.3) is 0 Å². The first kappa shape index (κ1) is 26.4. The molecule has 1 atom stereocenters. The normalized spacial score (nSPS) is 12.3. The van der Waals surface area contributed by atoms with Crippen molar-refractivity contribution in [3.8, 4) is 0 Å². The van der Waals surface area contributed by atoms with E-state index in [2.05, 4.69) is 13.8 Å². The maximum atomic E-state index is 11.7. The zero-order valence-electron chi connectivity index (χ0n) is 18.2. The SMILES string of the molecule is CCCCCCCCCCOCC(O)COC(=O)CCCCCCCCC. The van der Waals surface area contributed by atoms with Crippen LogP contribution in [0.1, 0.15) is 117 Å². The van der Waals surface area contributed by atoms with Crippen molar-refractivity contribution in [2.45, 2.75) is 123 Å².